The molecular weight excluding hydrogens is 268 g/mol. The topological polar surface area (TPSA) is 15.3 Å². The summed E-state index contributed by atoms with van der Waals surface area (Å²) in [6, 6.07) is 6.86. The van der Waals surface area contributed by atoms with Crippen LogP contribution in [0.25, 0.3) is 0 Å². The quantitative estimate of drug-likeness (QED) is 0.882. The highest BCUT2D eigenvalue weighted by Gasteiger charge is 2.29. The van der Waals surface area contributed by atoms with Crippen molar-refractivity contribution in [1.82, 2.24) is 5.32 Å². The van der Waals surface area contributed by atoms with Crippen molar-refractivity contribution in [2.24, 2.45) is 5.41 Å². The van der Waals surface area contributed by atoms with E-state index in [9.17, 15) is 0 Å². The molecule has 0 aliphatic heterocycles. The van der Waals surface area contributed by atoms with Crippen LogP contribution in [0.1, 0.15) is 45.1 Å². The van der Waals surface area contributed by atoms with Crippen molar-refractivity contribution in [3.63, 3.8) is 0 Å². The molecule has 112 valence electrons. The summed E-state index contributed by atoms with van der Waals surface area (Å²) < 4.78 is 0. The summed E-state index contributed by atoms with van der Waals surface area (Å²) in [5.74, 6) is 0. The number of anilines is 1. The molecule has 2 nitrogen and oxygen atoms in total. The number of benzene rings is 1. The molecule has 0 heterocycles. The minimum absolute atomic E-state index is 0.513. The molecule has 0 bridgehead atoms. The summed E-state index contributed by atoms with van der Waals surface area (Å²) in [7, 11) is 4.20. The van der Waals surface area contributed by atoms with E-state index in [1.165, 1.54) is 36.9 Å². The number of nitrogens with zero attached hydrogens (tertiary/aromatic N) is 1. The molecule has 0 unspecified atom stereocenters. The fourth-order valence-electron chi connectivity index (χ4n) is 3.17. The van der Waals surface area contributed by atoms with Crippen molar-refractivity contribution in [1.29, 1.82) is 0 Å². The maximum Gasteiger partial charge on any atom is 0.0426 e. The first-order valence-corrected chi connectivity index (χ1v) is 7.96. The van der Waals surface area contributed by atoms with Gasteiger partial charge in [0.1, 0.15) is 0 Å². The SMILES string of the molecule is CNCc1ccc(Cl)cc1N(C)C1CCC(C)(C)CC1. The fraction of sp³-hybridized carbons (Fsp3) is 0.647. The van der Waals surface area contributed by atoms with Gasteiger partial charge < -0.3 is 10.2 Å². The highest BCUT2D eigenvalue weighted by atomic mass is 35.5. The van der Waals surface area contributed by atoms with Crippen LogP contribution in [0.2, 0.25) is 5.02 Å². The van der Waals surface area contributed by atoms with Gasteiger partial charge in [-0.25, -0.2) is 0 Å². The summed E-state index contributed by atoms with van der Waals surface area (Å²) in [4.78, 5) is 2.44. The van der Waals surface area contributed by atoms with Gasteiger partial charge in [-0.3, -0.25) is 0 Å². The predicted molar refractivity (Wildman–Crippen MR) is 88.7 cm³/mol. The monoisotopic (exact) mass is 294 g/mol. The Bertz CT molecular complexity index is 446. The first-order valence-electron chi connectivity index (χ1n) is 7.59. The summed E-state index contributed by atoms with van der Waals surface area (Å²) >= 11 is 6.20. The van der Waals surface area contributed by atoms with E-state index in [4.69, 9.17) is 11.6 Å². The maximum atomic E-state index is 6.20. The van der Waals surface area contributed by atoms with E-state index in [2.05, 4.69) is 43.2 Å². The lowest BCUT2D eigenvalue weighted by Crippen LogP contribution is -2.37. The van der Waals surface area contributed by atoms with E-state index in [0.29, 0.717) is 11.5 Å². The molecule has 20 heavy (non-hydrogen) atoms. The number of halogens is 1. The summed E-state index contributed by atoms with van der Waals surface area (Å²) in [5.41, 5.74) is 3.11. The third-order valence-electron chi connectivity index (χ3n) is 4.65. The van der Waals surface area contributed by atoms with Gasteiger partial charge in [0.05, 0.1) is 0 Å². The second-order valence-electron chi connectivity index (χ2n) is 6.81. The molecule has 0 saturated heterocycles. The van der Waals surface area contributed by atoms with Crippen molar-refractivity contribution < 1.29 is 0 Å². The third kappa shape index (κ3) is 3.67. The Kier molecular flexibility index (Phi) is 4.98. The Morgan fingerprint density at radius 2 is 1.95 bits per heavy atom. The van der Waals surface area contributed by atoms with E-state index in [1.807, 2.05) is 13.1 Å². The zero-order valence-corrected chi connectivity index (χ0v) is 13.9. The summed E-state index contributed by atoms with van der Waals surface area (Å²) in [6.07, 6.45) is 5.16. The molecule has 1 aliphatic carbocycles. The van der Waals surface area contributed by atoms with Crippen molar-refractivity contribution in [2.75, 3.05) is 19.0 Å². The Balaban J connectivity index is 2.16. The lowest BCUT2D eigenvalue weighted by atomic mass is 9.75. The second kappa shape index (κ2) is 6.36. The first kappa shape index (κ1) is 15.7. The minimum Gasteiger partial charge on any atom is -0.371 e. The number of rotatable bonds is 4. The molecule has 0 atom stereocenters. The van der Waals surface area contributed by atoms with Crippen LogP contribution in [-0.2, 0) is 6.54 Å². The van der Waals surface area contributed by atoms with Crippen molar-refractivity contribution in [2.45, 2.75) is 52.1 Å². The van der Waals surface area contributed by atoms with Crippen molar-refractivity contribution >= 4 is 17.3 Å². The normalized spacial score (nSPS) is 19.1. The van der Waals surface area contributed by atoms with E-state index < -0.39 is 0 Å². The van der Waals surface area contributed by atoms with Crippen LogP contribution in [0.5, 0.6) is 0 Å². The van der Waals surface area contributed by atoms with Crippen molar-refractivity contribution in [3.05, 3.63) is 28.8 Å². The zero-order chi connectivity index (χ0) is 14.8. The molecule has 0 aromatic heterocycles. The van der Waals surface area contributed by atoms with Gasteiger partial charge in [0.25, 0.3) is 0 Å². The molecule has 1 aromatic carbocycles. The van der Waals surface area contributed by atoms with Crippen LogP contribution >= 0.6 is 11.6 Å². The largest absolute Gasteiger partial charge is 0.371 e. The summed E-state index contributed by atoms with van der Waals surface area (Å²) in [5, 5.41) is 4.07. The van der Waals surface area contributed by atoms with E-state index in [0.717, 1.165) is 11.6 Å². The molecular formula is C17H27ClN2. The third-order valence-corrected chi connectivity index (χ3v) is 4.89. The smallest absolute Gasteiger partial charge is 0.0426 e. The molecule has 1 N–H and O–H groups in total. The molecule has 1 aliphatic rings. The number of hydrogen-bond acceptors (Lipinski definition) is 2. The molecule has 3 heteroatoms. The van der Waals surface area contributed by atoms with E-state index >= 15 is 0 Å². The Labute approximate surface area is 128 Å². The average Bonchev–Trinajstić information content (AvgIpc) is 2.40. The van der Waals surface area contributed by atoms with E-state index in [1.54, 1.807) is 0 Å². The Hall–Kier alpha value is -0.730. The standard InChI is InChI=1S/C17H27ClN2/c1-17(2)9-7-15(8-10-17)20(4)16-11-14(18)6-5-13(16)12-19-3/h5-6,11,15,19H,7-10,12H2,1-4H3. The number of nitrogens with one attached hydrogen (secondary N) is 1. The average molecular weight is 295 g/mol. The van der Waals surface area contributed by atoms with Crippen LogP contribution in [0, 0.1) is 5.41 Å². The van der Waals surface area contributed by atoms with Gasteiger partial charge in [0, 0.05) is 30.3 Å². The van der Waals surface area contributed by atoms with Gasteiger partial charge in [0.15, 0.2) is 0 Å². The van der Waals surface area contributed by atoms with Gasteiger partial charge in [-0.05, 0) is 55.8 Å². The van der Waals surface area contributed by atoms with Crippen LogP contribution in [-0.4, -0.2) is 20.1 Å². The fourth-order valence-corrected chi connectivity index (χ4v) is 3.34. The first-order chi connectivity index (χ1) is 9.43. The molecule has 1 fully saturated rings. The van der Waals surface area contributed by atoms with Gasteiger partial charge in [0.2, 0.25) is 0 Å². The van der Waals surface area contributed by atoms with Gasteiger partial charge in [-0.1, -0.05) is 31.5 Å². The van der Waals surface area contributed by atoms with Gasteiger partial charge in [-0.2, -0.15) is 0 Å². The molecule has 1 saturated carbocycles. The van der Waals surface area contributed by atoms with Crippen LogP contribution in [0.4, 0.5) is 5.69 Å². The second-order valence-corrected chi connectivity index (χ2v) is 7.25. The maximum absolute atomic E-state index is 6.20. The van der Waals surface area contributed by atoms with Crippen LogP contribution in [0.15, 0.2) is 18.2 Å². The molecule has 1 aromatic rings. The Morgan fingerprint density at radius 3 is 2.55 bits per heavy atom. The Morgan fingerprint density at radius 1 is 1.30 bits per heavy atom. The molecule has 0 radical (unpaired) electrons. The minimum atomic E-state index is 0.513. The number of hydrogen-bond donors (Lipinski definition) is 1. The molecule has 0 amide bonds. The van der Waals surface area contributed by atoms with Crippen molar-refractivity contribution in [3.8, 4) is 0 Å². The lowest BCUT2D eigenvalue weighted by molar-refractivity contribution is 0.222. The lowest BCUT2D eigenvalue weighted by Gasteiger charge is -2.40. The molecule has 0 spiro atoms. The van der Waals surface area contributed by atoms with Gasteiger partial charge >= 0.3 is 0 Å². The summed E-state index contributed by atoms with van der Waals surface area (Å²) in [6.45, 7) is 5.65. The predicted octanol–water partition coefficient (Wildman–Crippen LogP) is 4.46. The van der Waals surface area contributed by atoms with E-state index in [-0.39, 0.29) is 0 Å². The highest BCUT2D eigenvalue weighted by Crippen LogP contribution is 2.38. The van der Waals surface area contributed by atoms with Crippen LogP contribution < -0.4 is 10.2 Å². The van der Waals surface area contributed by atoms with Gasteiger partial charge in [-0.15, -0.1) is 0 Å². The van der Waals surface area contributed by atoms with Crippen LogP contribution in [0.3, 0.4) is 0 Å². The zero-order valence-electron chi connectivity index (χ0n) is 13.2. The highest BCUT2D eigenvalue weighted by molar-refractivity contribution is 6.30. The molecule has 2 rings (SSSR count).